The van der Waals surface area contributed by atoms with E-state index in [-0.39, 0.29) is 12.8 Å². The van der Waals surface area contributed by atoms with Crippen LogP contribution in [0.4, 0.5) is 0 Å². The third-order valence-corrected chi connectivity index (χ3v) is 3.14. The minimum atomic E-state index is -0.827. The number of carbonyl (C=O) groups is 1. The fourth-order valence-electron chi connectivity index (χ4n) is 1.76. The molecule has 1 aliphatic rings. The summed E-state index contributed by atoms with van der Waals surface area (Å²) < 4.78 is 15.3. The van der Waals surface area contributed by atoms with Gasteiger partial charge in [0.2, 0.25) is 6.79 Å². The van der Waals surface area contributed by atoms with E-state index >= 15 is 0 Å². The molecule has 92 valence electrons. The van der Waals surface area contributed by atoms with E-state index in [0.717, 1.165) is 0 Å². The number of esters is 1. The molecule has 0 unspecified atom stereocenters. The number of hydrogen-bond acceptors (Lipinski definition) is 4. The van der Waals surface area contributed by atoms with Crippen LogP contribution in [0.5, 0.6) is 11.5 Å². The van der Waals surface area contributed by atoms with Crippen molar-refractivity contribution in [2.24, 2.45) is 0 Å². The lowest BCUT2D eigenvalue weighted by Crippen LogP contribution is -2.30. The van der Waals surface area contributed by atoms with Gasteiger partial charge in [0.25, 0.3) is 0 Å². The Morgan fingerprint density at radius 3 is 2.53 bits per heavy atom. The molecule has 1 aromatic carbocycles. The molecule has 0 atom stereocenters. The first-order valence-electron chi connectivity index (χ1n) is 5.15. The van der Waals surface area contributed by atoms with Gasteiger partial charge in [0, 0.05) is 11.1 Å². The molecule has 0 saturated heterocycles. The van der Waals surface area contributed by atoms with Crippen LogP contribution >= 0.6 is 11.6 Å². The first-order chi connectivity index (χ1) is 7.96. The van der Waals surface area contributed by atoms with Crippen LogP contribution in [0.1, 0.15) is 19.4 Å². The fourth-order valence-corrected chi connectivity index (χ4v) is 2.15. The van der Waals surface area contributed by atoms with Gasteiger partial charge in [0.15, 0.2) is 11.5 Å². The molecule has 0 amide bonds. The summed E-state index contributed by atoms with van der Waals surface area (Å²) in [6.07, 6.45) is 0. The van der Waals surface area contributed by atoms with Gasteiger partial charge in [-0.05, 0) is 25.5 Å². The van der Waals surface area contributed by atoms with Gasteiger partial charge in [-0.25, -0.2) is 0 Å². The van der Waals surface area contributed by atoms with Crippen molar-refractivity contribution in [2.45, 2.75) is 19.3 Å². The zero-order chi connectivity index (χ0) is 12.6. The molecule has 0 bridgehead atoms. The van der Waals surface area contributed by atoms with Gasteiger partial charge in [-0.1, -0.05) is 11.6 Å². The first-order valence-corrected chi connectivity index (χ1v) is 5.52. The van der Waals surface area contributed by atoms with Gasteiger partial charge in [-0.15, -0.1) is 0 Å². The lowest BCUT2D eigenvalue weighted by Gasteiger charge is -2.23. The van der Waals surface area contributed by atoms with E-state index < -0.39 is 5.41 Å². The molecular weight excluding hydrogens is 244 g/mol. The highest BCUT2D eigenvalue weighted by Crippen LogP contribution is 2.41. The summed E-state index contributed by atoms with van der Waals surface area (Å²) in [4.78, 5) is 11.7. The van der Waals surface area contributed by atoms with Crippen LogP contribution in [-0.2, 0) is 14.9 Å². The van der Waals surface area contributed by atoms with E-state index in [1.165, 1.54) is 7.11 Å². The molecule has 0 aliphatic carbocycles. The van der Waals surface area contributed by atoms with E-state index in [4.69, 9.17) is 25.8 Å². The third kappa shape index (κ3) is 1.93. The second kappa shape index (κ2) is 4.11. The van der Waals surface area contributed by atoms with E-state index in [1.807, 2.05) is 0 Å². The van der Waals surface area contributed by atoms with Crippen LogP contribution in [0.25, 0.3) is 0 Å². The average Bonchev–Trinajstić information content (AvgIpc) is 2.73. The van der Waals surface area contributed by atoms with E-state index in [2.05, 4.69) is 0 Å². The standard InChI is InChI=1S/C12H13ClO4/c1-12(2,11(14)15-3)7-4-9-10(5-8(7)13)17-6-16-9/h4-5H,6H2,1-3H3. The number of carbonyl (C=O) groups excluding carboxylic acids is 1. The number of rotatable bonds is 2. The number of methoxy groups -OCH3 is 1. The molecular formula is C12H13ClO4. The Balaban J connectivity index is 2.49. The van der Waals surface area contributed by atoms with Crippen LogP contribution in [0.2, 0.25) is 5.02 Å². The van der Waals surface area contributed by atoms with Crippen molar-refractivity contribution in [3.05, 3.63) is 22.7 Å². The van der Waals surface area contributed by atoms with Gasteiger partial charge in [-0.2, -0.15) is 0 Å². The predicted molar refractivity (Wildman–Crippen MR) is 62.6 cm³/mol. The number of benzene rings is 1. The number of hydrogen-bond donors (Lipinski definition) is 0. The highest BCUT2D eigenvalue weighted by molar-refractivity contribution is 6.32. The summed E-state index contributed by atoms with van der Waals surface area (Å²) in [5.41, 5.74) is -0.164. The van der Waals surface area contributed by atoms with Gasteiger partial charge in [-0.3, -0.25) is 4.79 Å². The van der Waals surface area contributed by atoms with E-state index in [0.29, 0.717) is 22.1 Å². The van der Waals surface area contributed by atoms with Crippen molar-refractivity contribution in [2.75, 3.05) is 13.9 Å². The van der Waals surface area contributed by atoms with Gasteiger partial charge < -0.3 is 14.2 Å². The van der Waals surface area contributed by atoms with Crippen LogP contribution in [0.15, 0.2) is 12.1 Å². The Kier molecular flexibility index (Phi) is 2.91. The lowest BCUT2D eigenvalue weighted by molar-refractivity contribution is -0.146. The predicted octanol–water partition coefficient (Wildman–Crippen LogP) is 2.52. The van der Waals surface area contributed by atoms with Crippen LogP contribution in [-0.4, -0.2) is 19.9 Å². The molecule has 0 fully saturated rings. The minimum Gasteiger partial charge on any atom is -0.468 e. The summed E-state index contributed by atoms with van der Waals surface area (Å²) in [5.74, 6) is 0.846. The number of ether oxygens (including phenoxy) is 3. The van der Waals surface area contributed by atoms with Crippen LogP contribution in [0.3, 0.4) is 0 Å². The molecule has 5 heteroatoms. The number of halogens is 1. The average molecular weight is 257 g/mol. The van der Waals surface area contributed by atoms with Crippen molar-refractivity contribution >= 4 is 17.6 Å². The maximum absolute atomic E-state index is 11.7. The van der Waals surface area contributed by atoms with Gasteiger partial charge in [0.05, 0.1) is 12.5 Å². The Labute approximate surface area is 104 Å². The Morgan fingerprint density at radius 1 is 1.35 bits per heavy atom. The van der Waals surface area contributed by atoms with Crippen molar-refractivity contribution in [3.8, 4) is 11.5 Å². The molecule has 0 N–H and O–H groups in total. The molecule has 17 heavy (non-hydrogen) atoms. The Hall–Kier alpha value is -1.42. The lowest BCUT2D eigenvalue weighted by atomic mass is 9.84. The largest absolute Gasteiger partial charge is 0.468 e. The zero-order valence-corrected chi connectivity index (χ0v) is 10.6. The monoisotopic (exact) mass is 256 g/mol. The molecule has 0 spiro atoms. The molecule has 0 radical (unpaired) electrons. The molecule has 2 rings (SSSR count). The highest BCUT2D eigenvalue weighted by Gasteiger charge is 2.34. The van der Waals surface area contributed by atoms with Gasteiger partial charge in [0.1, 0.15) is 0 Å². The van der Waals surface area contributed by atoms with Crippen LogP contribution in [0, 0.1) is 0 Å². The van der Waals surface area contributed by atoms with Crippen molar-refractivity contribution in [3.63, 3.8) is 0 Å². The first kappa shape index (κ1) is 12.0. The zero-order valence-electron chi connectivity index (χ0n) is 9.87. The van der Waals surface area contributed by atoms with Gasteiger partial charge >= 0.3 is 5.97 Å². The Bertz CT molecular complexity index is 468. The van der Waals surface area contributed by atoms with Crippen molar-refractivity contribution in [1.82, 2.24) is 0 Å². The van der Waals surface area contributed by atoms with Crippen molar-refractivity contribution < 1.29 is 19.0 Å². The van der Waals surface area contributed by atoms with Crippen LogP contribution < -0.4 is 9.47 Å². The number of fused-ring (bicyclic) bond motifs is 1. The van der Waals surface area contributed by atoms with E-state index in [9.17, 15) is 4.79 Å². The smallest absolute Gasteiger partial charge is 0.315 e. The van der Waals surface area contributed by atoms with E-state index in [1.54, 1.807) is 26.0 Å². The second-order valence-corrected chi connectivity index (χ2v) is 4.71. The normalized spacial score (nSPS) is 13.6. The minimum absolute atomic E-state index is 0.174. The molecule has 1 aromatic rings. The summed E-state index contributed by atoms with van der Waals surface area (Å²) in [7, 11) is 1.35. The summed E-state index contributed by atoms with van der Waals surface area (Å²) in [5, 5.41) is 0.463. The summed E-state index contributed by atoms with van der Waals surface area (Å²) >= 11 is 6.15. The maximum atomic E-state index is 11.7. The van der Waals surface area contributed by atoms with Crippen molar-refractivity contribution in [1.29, 1.82) is 0 Å². The second-order valence-electron chi connectivity index (χ2n) is 4.30. The molecule has 0 saturated carbocycles. The SMILES string of the molecule is COC(=O)C(C)(C)c1cc2c(cc1Cl)OCO2. The molecule has 1 aliphatic heterocycles. The third-order valence-electron chi connectivity index (χ3n) is 2.83. The summed E-state index contributed by atoms with van der Waals surface area (Å²) in [6.45, 7) is 3.68. The molecule has 1 heterocycles. The summed E-state index contributed by atoms with van der Waals surface area (Å²) in [6, 6.07) is 3.38. The quantitative estimate of drug-likeness (QED) is 0.763. The Morgan fingerprint density at radius 2 is 1.94 bits per heavy atom. The highest BCUT2D eigenvalue weighted by atomic mass is 35.5. The fraction of sp³-hybridized carbons (Fsp3) is 0.417. The maximum Gasteiger partial charge on any atom is 0.315 e. The molecule has 4 nitrogen and oxygen atoms in total. The topological polar surface area (TPSA) is 44.8 Å². The molecule has 0 aromatic heterocycles.